The van der Waals surface area contributed by atoms with E-state index in [-0.39, 0.29) is 17.2 Å². The highest BCUT2D eigenvalue weighted by atomic mass is 79.9. The van der Waals surface area contributed by atoms with E-state index < -0.39 is 11.6 Å². The largest absolute Gasteiger partial charge is 0.344 e. The summed E-state index contributed by atoms with van der Waals surface area (Å²) in [6.45, 7) is 2.50. The van der Waals surface area contributed by atoms with Gasteiger partial charge in [-0.05, 0) is 17.7 Å². The van der Waals surface area contributed by atoms with Gasteiger partial charge in [0.05, 0.1) is 6.42 Å². The summed E-state index contributed by atoms with van der Waals surface area (Å²) in [4.78, 5) is 13.5. The predicted molar refractivity (Wildman–Crippen MR) is 66.1 cm³/mol. The zero-order valence-corrected chi connectivity index (χ0v) is 11.3. The summed E-state index contributed by atoms with van der Waals surface area (Å²) in [6, 6.07) is 3.51. The Morgan fingerprint density at radius 2 is 2.06 bits per heavy atom. The number of hydrogen-bond donors (Lipinski definition) is 0. The summed E-state index contributed by atoms with van der Waals surface area (Å²) >= 11 is 3.35. The van der Waals surface area contributed by atoms with Crippen LogP contribution in [0.15, 0.2) is 18.2 Å². The summed E-state index contributed by atoms with van der Waals surface area (Å²) in [5, 5.41) is 0. The number of carbonyl (C=O) groups is 1. The van der Waals surface area contributed by atoms with Crippen molar-refractivity contribution < 1.29 is 13.6 Å². The minimum Gasteiger partial charge on any atom is -0.344 e. The molecule has 0 N–H and O–H groups in total. The lowest BCUT2D eigenvalue weighted by Crippen LogP contribution is -2.32. The summed E-state index contributed by atoms with van der Waals surface area (Å²) in [5.41, 5.74) is 0.475. The van der Waals surface area contributed by atoms with Gasteiger partial charge in [0.1, 0.15) is 0 Å². The van der Waals surface area contributed by atoms with E-state index in [0.29, 0.717) is 12.1 Å². The quantitative estimate of drug-likeness (QED) is 0.783. The molecule has 1 aromatic rings. The molecule has 0 fully saturated rings. The van der Waals surface area contributed by atoms with Gasteiger partial charge in [-0.3, -0.25) is 4.79 Å². The summed E-state index contributed by atoms with van der Waals surface area (Å²) in [5.74, 6) is -1.95. The molecule has 0 saturated carbocycles. The molecule has 0 heterocycles. The van der Waals surface area contributed by atoms with Gasteiger partial charge in [0.15, 0.2) is 11.6 Å². The van der Waals surface area contributed by atoms with Crippen molar-refractivity contribution in [2.75, 3.05) is 13.6 Å². The van der Waals surface area contributed by atoms with E-state index in [1.807, 2.05) is 6.92 Å². The maximum absolute atomic E-state index is 12.9. The molecule has 0 spiro atoms. The Kier molecular flexibility index (Phi) is 5.05. The fourth-order valence-electron chi connectivity index (χ4n) is 1.44. The Morgan fingerprint density at radius 3 is 2.59 bits per heavy atom. The molecule has 0 saturated heterocycles. The lowest BCUT2D eigenvalue weighted by molar-refractivity contribution is -0.129. The van der Waals surface area contributed by atoms with Crippen molar-refractivity contribution in [3.63, 3.8) is 0 Å². The minimum absolute atomic E-state index is 0.0768. The normalized spacial score (nSPS) is 12.3. The van der Waals surface area contributed by atoms with Crippen LogP contribution in [0.25, 0.3) is 0 Å². The second-order valence-electron chi connectivity index (χ2n) is 3.98. The number of benzene rings is 1. The Labute approximate surface area is 108 Å². The summed E-state index contributed by atoms with van der Waals surface area (Å²) < 4.78 is 25.6. The number of halogens is 3. The smallest absolute Gasteiger partial charge is 0.226 e. The van der Waals surface area contributed by atoms with Crippen LogP contribution in [-0.2, 0) is 11.2 Å². The molecular formula is C12H14BrF2NO. The molecule has 0 aliphatic heterocycles. The second-order valence-corrected chi connectivity index (χ2v) is 5.54. The van der Waals surface area contributed by atoms with Crippen molar-refractivity contribution in [1.82, 2.24) is 4.90 Å². The average molecular weight is 306 g/mol. The first-order valence-corrected chi connectivity index (χ1v) is 6.13. The maximum Gasteiger partial charge on any atom is 0.226 e. The average Bonchev–Trinajstić information content (AvgIpc) is 2.22. The van der Waals surface area contributed by atoms with Crippen molar-refractivity contribution in [2.24, 2.45) is 0 Å². The van der Waals surface area contributed by atoms with Gasteiger partial charge in [-0.25, -0.2) is 8.78 Å². The first-order valence-electron chi connectivity index (χ1n) is 5.22. The minimum atomic E-state index is -0.924. The highest BCUT2D eigenvalue weighted by Gasteiger charge is 2.12. The van der Waals surface area contributed by atoms with Crippen LogP contribution in [0.1, 0.15) is 12.5 Å². The highest BCUT2D eigenvalue weighted by molar-refractivity contribution is 9.09. The topological polar surface area (TPSA) is 20.3 Å². The third-order valence-corrected chi connectivity index (χ3v) is 2.58. The molecule has 17 heavy (non-hydrogen) atoms. The first kappa shape index (κ1) is 14.1. The number of alkyl halides is 1. The number of nitrogens with zero attached hydrogens (tertiary/aromatic N) is 1. The predicted octanol–water partition coefficient (Wildman–Crippen LogP) is 2.75. The lowest BCUT2D eigenvalue weighted by atomic mass is 10.1. The van der Waals surface area contributed by atoms with Crippen molar-refractivity contribution >= 4 is 21.8 Å². The lowest BCUT2D eigenvalue weighted by Gasteiger charge is -2.18. The van der Waals surface area contributed by atoms with Crippen LogP contribution in [0.3, 0.4) is 0 Å². The van der Waals surface area contributed by atoms with E-state index in [1.165, 1.54) is 6.07 Å². The Balaban J connectivity index is 2.64. The molecule has 0 bridgehead atoms. The third-order valence-electron chi connectivity index (χ3n) is 2.29. The molecular weight excluding hydrogens is 292 g/mol. The molecule has 0 aliphatic rings. The van der Waals surface area contributed by atoms with Gasteiger partial charge in [-0.2, -0.15) is 0 Å². The molecule has 1 aromatic carbocycles. The van der Waals surface area contributed by atoms with E-state index in [4.69, 9.17) is 0 Å². The van der Waals surface area contributed by atoms with Crippen LogP contribution in [0.2, 0.25) is 0 Å². The number of amides is 1. The van der Waals surface area contributed by atoms with Crippen LogP contribution in [0.5, 0.6) is 0 Å². The van der Waals surface area contributed by atoms with Gasteiger partial charge in [0.25, 0.3) is 0 Å². The maximum atomic E-state index is 12.9. The summed E-state index contributed by atoms with van der Waals surface area (Å²) in [7, 11) is 1.68. The number of likely N-dealkylation sites (N-methyl/N-ethyl adjacent to an activating group) is 1. The molecule has 1 rings (SSSR count). The van der Waals surface area contributed by atoms with E-state index in [2.05, 4.69) is 15.9 Å². The van der Waals surface area contributed by atoms with Gasteiger partial charge in [-0.15, -0.1) is 0 Å². The van der Waals surface area contributed by atoms with Crippen LogP contribution in [0.4, 0.5) is 8.78 Å². The van der Waals surface area contributed by atoms with Gasteiger partial charge in [0, 0.05) is 18.4 Å². The Morgan fingerprint density at radius 1 is 1.41 bits per heavy atom. The number of rotatable bonds is 4. The molecule has 1 unspecified atom stereocenters. The van der Waals surface area contributed by atoms with Crippen LogP contribution < -0.4 is 0 Å². The highest BCUT2D eigenvalue weighted by Crippen LogP contribution is 2.10. The van der Waals surface area contributed by atoms with E-state index in [1.54, 1.807) is 11.9 Å². The zero-order chi connectivity index (χ0) is 13.0. The first-order chi connectivity index (χ1) is 7.90. The molecule has 5 heteroatoms. The number of carbonyl (C=O) groups excluding carboxylic acids is 1. The third kappa shape index (κ3) is 4.42. The van der Waals surface area contributed by atoms with Crippen molar-refractivity contribution in [3.05, 3.63) is 35.4 Å². The van der Waals surface area contributed by atoms with Crippen molar-refractivity contribution in [3.8, 4) is 0 Å². The fraction of sp³-hybridized carbons (Fsp3) is 0.417. The molecule has 0 aliphatic carbocycles. The van der Waals surface area contributed by atoms with Gasteiger partial charge < -0.3 is 4.90 Å². The molecule has 1 amide bonds. The fourth-order valence-corrected chi connectivity index (χ4v) is 1.87. The van der Waals surface area contributed by atoms with E-state index in [0.717, 1.165) is 12.1 Å². The van der Waals surface area contributed by atoms with Gasteiger partial charge in [0.2, 0.25) is 5.91 Å². The molecule has 2 nitrogen and oxygen atoms in total. The second kappa shape index (κ2) is 6.10. The van der Waals surface area contributed by atoms with E-state index in [9.17, 15) is 13.6 Å². The van der Waals surface area contributed by atoms with Crippen LogP contribution >= 0.6 is 15.9 Å². The Hall–Kier alpha value is -0.970. The molecule has 94 valence electrons. The standard InChI is InChI=1S/C12H14BrF2NO/c1-8(13)7-16(2)12(17)6-9-3-4-10(14)11(15)5-9/h3-5,8H,6-7H2,1-2H3. The molecule has 1 atom stereocenters. The van der Waals surface area contributed by atoms with Gasteiger partial charge in [-0.1, -0.05) is 28.9 Å². The van der Waals surface area contributed by atoms with Crippen LogP contribution in [0, 0.1) is 11.6 Å². The van der Waals surface area contributed by atoms with Gasteiger partial charge >= 0.3 is 0 Å². The van der Waals surface area contributed by atoms with Crippen molar-refractivity contribution in [2.45, 2.75) is 18.2 Å². The zero-order valence-electron chi connectivity index (χ0n) is 9.71. The molecule has 0 aromatic heterocycles. The van der Waals surface area contributed by atoms with Crippen LogP contribution in [-0.4, -0.2) is 29.2 Å². The van der Waals surface area contributed by atoms with E-state index >= 15 is 0 Å². The Bertz CT molecular complexity index is 409. The molecule has 0 radical (unpaired) electrons. The SMILES string of the molecule is CC(Br)CN(C)C(=O)Cc1ccc(F)c(F)c1. The number of hydrogen-bond acceptors (Lipinski definition) is 1. The summed E-state index contributed by atoms with van der Waals surface area (Å²) in [6.07, 6.45) is 0.0768. The monoisotopic (exact) mass is 305 g/mol. The van der Waals surface area contributed by atoms with Crippen molar-refractivity contribution in [1.29, 1.82) is 0 Å².